The fourth-order valence-corrected chi connectivity index (χ4v) is 4.29. The van der Waals surface area contributed by atoms with Gasteiger partial charge < -0.3 is 4.74 Å². The summed E-state index contributed by atoms with van der Waals surface area (Å²) in [5.74, 6) is 0. The van der Waals surface area contributed by atoms with Crippen molar-refractivity contribution in [3.63, 3.8) is 0 Å². The fourth-order valence-electron chi connectivity index (χ4n) is 3.01. The lowest BCUT2D eigenvalue weighted by Gasteiger charge is -2.26. The number of benzene rings is 2. The molecule has 0 unspecified atom stereocenters. The van der Waals surface area contributed by atoms with Gasteiger partial charge in [0.25, 0.3) is 10.0 Å². The summed E-state index contributed by atoms with van der Waals surface area (Å²) in [6.45, 7) is 8.02. The molecule has 2 aromatic carbocycles. The Morgan fingerprint density at radius 3 is 2.36 bits per heavy atom. The first-order chi connectivity index (χ1) is 11.9. The van der Waals surface area contributed by atoms with Gasteiger partial charge in [0.05, 0.1) is 18.1 Å². The molecule has 1 N–H and O–H groups in total. The van der Waals surface area contributed by atoms with Gasteiger partial charge in [-0.1, -0.05) is 29.8 Å². The average molecular weight is 360 g/mol. The van der Waals surface area contributed by atoms with Crippen LogP contribution in [0.25, 0.3) is 0 Å². The summed E-state index contributed by atoms with van der Waals surface area (Å²) in [5, 5.41) is 0. The number of anilines is 1. The first-order valence-corrected chi connectivity index (χ1v) is 9.91. The van der Waals surface area contributed by atoms with Crippen LogP contribution in [0.4, 0.5) is 5.69 Å². The van der Waals surface area contributed by atoms with Gasteiger partial charge in [0, 0.05) is 25.3 Å². The van der Waals surface area contributed by atoms with E-state index in [1.807, 2.05) is 50.2 Å². The van der Waals surface area contributed by atoms with Crippen molar-refractivity contribution in [3.05, 3.63) is 59.2 Å². The number of ether oxygens (including phenoxy) is 1. The van der Waals surface area contributed by atoms with E-state index in [-0.39, 0.29) is 0 Å². The molecule has 1 heterocycles. The Bertz CT molecular complexity index is 826. The highest BCUT2D eigenvalue weighted by Gasteiger charge is 2.17. The van der Waals surface area contributed by atoms with E-state index in [0.717, 1.165) is 49.5 Å². The fraction of sp³-hybridized carbons (Fsp3) is 0.368. The highest BCUT2D eigenvalue weighted by atomic mass is 32.2. The van der Waals surface area contributed by atoms with Crippen LogP contribution in [0.5, 0.6) is 0 Å². The largest absolute Gasteiger partial charge is 0.379 e. The van der Waals surface area contributed by atoms with Crippen molar-refractivity contribution < 1.29 is 13.2 Å². The topological polar surface area (TPSA) is 58.6 Å². The van der Waals surface area contributed by atoms with E-state index >= 15 is 0 Å². The van der Waals surface area contributed by atoms with Gasteiger partial charge in [-0.3, -0.25) is 9.62 Å². The molecule has 134 valence electrons. The van der Waals surface area contributed by atoms with Crippen LogP contribution >= 0.6 is 0 Å². The van der Waals surface area contributed by atoms with Crippen LogP contribution in [0.3, 0.4) is 0 Å². The zero-order chi connectivity index (χ0) is 17.9. The Morgan fingerprint density at radius 1 is 1.04 bits per heavy atom. The zero-order valence-corrected chi connectivity index (χ0v) is 15.5. The summed E-state index contributed by atoms with van der Waals surface area (Å²) in [6.07, 6.45) is 0. The van der Waals surface area contributed by atoms with Crippen molar-refractivity contribution in [3.8, 4) is 0 Å². The third-order valence-electron chi connectivity index (χ3n) is 4.34. The lowest BCUT2D eigenvalue weighted by Crippen LogP contribution is -2.35. The maximum Gasteiger partial charge on any atom is 0.262 e. The maximum atomic E-state index is 12.6. The van der Waals surface area contributed by atoms with E-state index in [1.165, 1.54) is 0 Å². The summed E-state index contributed by atoms with van der Waals surface area (Å²) in [6, 6.07) is 12.9. The molecule has 0 atom stereocenters. The van der Waals surface area contributed by atoms with Gasteiger partial charge in [-0.25, -0.2) is 8.42 Å². The van der Waals surface area contributed by atoms with E-state index in [1.54, 1.807) is 6.07 Å². The number of nitrogens with zero attached hydrogens (tertiary/aromatic N) is 1. The molecule has 1 aliphatic rings. The minimum Gasteiger partial charge on any atom is -0.379 e. The third kappa shape index (κ3) is 4.60. The van der Waals surface area contributed by atoms with Crippen molar-refractivity contribution in [2.24, 2.45) is 0 Å². The number of rotatable bonds is 5. The number of hydrogen-bond donors (Lipinski definition) is 1. The predicted octanol–water partition coefficient (Wildman–Crippen LogP) is 2.94. The second kappa shape index (κ2) is 7.56. The minimum absolute atomic E-state index is 0.315. The van der Waals surface area contributed by atoms with Gasteiger partial charge in [0.2, 0.25) is 0 Å². The Balaban J connectivity index is 1.69. The quantitative estimate of drug-likeness (QED) is 0.891. The molecule has 1 saturated heterocycles. The predicted molar refractivity (Wildman–Crippen MR) is 99.3 cm³/mol. The van der Waals surface area contributed by atoms with E-state index in [2.05, 4.69) is 9.62 Å². The van der Waals surface area contributed by atoms with Crippen LogP contribution in [0.15, 0.2) is 47.4 Å². The lowest BCUT2D eigenvalue weighted by molar-refractivity contribution is 0.0342. The van der Waals surface area contributed by atoms with E-state index in [9.17, 15) is 8.42 Å². The molecule has 1 aliphatic heterocycles. The number of morpholine rings is 1. The molecule has 0 bridgehead atoms. The SMILES string of the molecule is Cc1ccc(S(=O)(=O)Nc2ccc(CN3CCOCC3)cc2)c(C)c1. The molecule has 3 rings (SSSR count). The van der Waals surface area contributed by atoms with Crippen molar-refractivity contribution >= 4 is 15.7 Å². The van der Waals surface area contributed by atoms with Crippen LogP contribution in [0, 0.1) is 13.8 Å². The summed E-state index contributed by atoms with van der Waals surface area (Å²) in [5.41, 5.74) is 3.53. The van der Waals surface area contributed by atoms with Gasteiger partial charge in [-0.05, 0) is 43.2 Å². The molecule has 0 aromatic heterocycles. The Labute approximate surface area is 149 Å². The van der Waals surface area contributed by atoms with Gasteiger partial charge in [-0.15, -0.1) is 0 Å². The van der Waals surface area contributed by atoms with E-state index in [4.69, 9.17) is 4.74 Å². The number of sulfonamides is 1. The molecular weight excluding hydrogens is 336 g/mol. The first kappa shape index (κ1) is 17.9. The first-order valence-electron chi connectivity index (χ1n) is 8.43. The molecule has 5 nitrogen and oxygen atoms in total. The molecule has 0 radical (unpaired) electrons. The Morgan fingerprint density at radius 2 is 1.72 bits per heavy atom. The van der Waals surface area contributed by atoms with Gasteiger partial charge in [0.15, 0.2) is 0 Å². The average Bonchev–Trinajstić information content (AvgIpc) is 2.57. The molecule has 1 fully saturated rings. The number of aryl methyl sites for hydroxylation is 2. The normalized spacial score (nSPS) is 15.9. The van der Waals surface area contributed by atoms with Crippen LogP contribution in [0.1, 0.15) is 16.7 Å². The van der Waals surface area contributed by atoms with Gasteiger partial charge >= 0.3 is 0 Å². The van der Waals surface area contributed by atoms with E-state index in [0.29, 0.717) is 10.6 Å². The number of hydrogen-bond acceptors (Lipinski definition) is 4. The smallest absolute Gasteiger partial charge is 0.262 e. The second-order valence-electron chi connectivity index (χ2n) is 6.46. The molecule has 6 heteroatoms. The van der Waals surface area contributed by atoms with E-state index < -0.39 is 10.0 Å². The molecule has 25 heavy (non-hydrogen) atoms. The third-order valence-corrected chi connectivity index (χ3v) is 5.88. The van der Waals surface area contributed by atoms with Gasteiger partial charge in [0.1, 0.15) is 0 Å². The van der Waals surface area contributed by atoms with Crippen LogP contribution < -0.4 is 4.72 Å². The lowest BCUT2D eigenvalue weighted by atomic mass is 10.2. The molecule has 0 amide bonds. The summed E-state index contributed by atoms with van der Waals surface area (Å²) >= 11 is 0. The molecule has 2 aromatic rings. The van der Waals surface area contributed by atoms with Crippen molar-refractivity contribution in [1.29, 1.82) is 0 Å². The zero-order valence-electron chi connectivity index (χ0n) is 14.7. The van der Waals surface area contributed by atoms with Crippen LogP contribution in [0.2, 0.25) is 0 Å². The number of nitrogens with one attached hydrogen (secondary N) is 1. The molecule has 0 spiro atoms. The Kier molecular flexibility index (Phi) is 5.42. The summed E-state index contributed by atoms with van der Waals surface area (Å²) in [7, 11) is -3.58. The molecule has 0 saturated carbocycles. The van der Waals surface area contributed by atoms with Crippen LogP contribution in [-0.4, -0.2) is 39.6 Å². The Hall–Kier alpha value is -1.89. The van der Waals surface area contributed by atoms with Crippen LogP contribution in [-0.2, 0) is 21.3 Å². The highest BCUT2D eigenvalue weighted by molar-refractivity contribution is 7.92. The maximum absolute atomic E-state index is 12.6. The minimum atomic E-state index is -3.58. The molecule has 0 aliphatic carbocycles. The summed E-state index contributed by atoms with van der Waals surface area (Å²) < 4.78 is 33.2. The van der Waals surface area contributed by atoms with Crippen molar-refractivity contribution in [1.82, 2.24) is 4.90 Å². The molecular formula is C19H24N2O3S. The van der Waals surface area contributed by atoms with Crippen molar-refractivity contribution in [2.45, 2.75) is 25.3 Å². The monoisotopic (exact) mass is 360 g/mol. The van der Waals surface area contributed by atoms with Gasteiger partial charge in [-0.2, -0.15) is 0 Å². The van der Waals surface area contributed by atoms with Crippen molar-refractivity contribution in [2.75, 3.05) is 31.0 Å². The highest BCUT2D eigenvalue weighted by Crippen LogP contribution is 2.21. The standard InChI is InChI=1S/C19H24N2O3S/c1-15-3-8-19(16(2)13-15)25(22,23)20-18-6-4-17(5-7-18)14-21-9-11-24-12-10-21/h3-8,13,20H,9-12,14H2,1-2H3. The summed E-state index contributed by atoms with van der Waals surface area (Å²) in [4.78, 5) is 2.65. The second-order valence-corrected chi connectivity index (χ2v) is 8.11.